The van der Waals surface area contributed by atoms with Gasteiger partial charge < -0.3 is 9.72 Å². The molecule has 1 N–H and O–H groups in total. The lowest BCUT2D eigenvalue weighted by Gasteiger charge is -2.07. The number of H-pyrrole nitrogens is 1. The number of aromatic nitrogens is 2. The molecular weight excluding hydrogens is 340 g/mol. The molecule has 3 aromatic rings. The van der Waals surface area contributed by atoms with Gasteiger partial charge in [-0.15, -0.1) is 0 Å². The molecule has 6 heteroatoms. The molecule has 5 nitrogen and oxygen atoms in total. The number of rotatable bonds is 4. The standard InChI is InChI=1S/C19H17ClN2O3/c1-10(2)12-6-7-21-16(8-12)18(24)17-19(25-11(3)23)14-5-4-13(20)9-15(14)22-17/h4-10,22H,1-3H3. The van der Waals surface area contributed by atoms with E-state index in [4.69, 9.17) is 16.3 Å². The third-order valence-corrected chi connectivity index (χ3v) is 4.10. The van der Waals surface area contributed by atoms with E-state index in [0.29, 0.717) is 15.9 Å². The predicted molar refractivity (Wildman–Crippen MR) is 96.4 cm³/mol. The second-order valence-corrected chi connectivity index (χ2v) is 6.51. The van der Waals surface area contributed by atoms with Gasteiger partial charge >= 0.3 is 5.97 Å². The van der Waals surface area contributed by atoms with E-state index in [2.05, 4.69) is 9.97 Å². The summed E-state index contributed by atoms with van der Waals surface area (Å²) >= 11 is 6.01. The molecule has 0 bridgehead atoms. The van der Waals surface area contributed by atoms with Gasteiger partial charge in [0.25, 0.3) is 0 Å². The molecule has 0 saturated carbocycles. The number of hydrogen-bond acceptors (Lipinski definition) is 4. The molecule has 0 atom stereocenters. The lowest BCUT2D eigenvalue weighted by molar-refractivity contribution is -0.131. The summed E-state index contributed by atoms with van der Waals surface area (Å²) in [5, 5.41) is 1.13. The van der Waals surface area contributed by atoms with Crippen molar-refractivity contribution >= 4 is 34.3 Å². The number of carbonyl (C=O) groups is 2. The molecule has 3 rings (SSSR count). The SMILES string of the molecule is CC(=O)Oc1c(C(=O)c2cc(C(C)C)ccn2)[nH]c2cc(Cl)ccc12. The highest BCUT2D eigenvalue weighted by Gasteiger charge is 2.23. The summed E-state index contributed by atoms with van der Waals surface area (Å²) < 4.78 is 5.30. The van der Waals surface area contributed by atoms with Crippen LogP contribution in [0.2, 0.25) is 5.02 Å². The molecule has 0 aliphatic carbocycles. The van der Waals surface area contributed by atoms with Crippen molar-refractivity contribution in [3.8, 4) is 5.75 Å². The molecule has 0 fully saturated rings. The summed E-state index contributed by atoms with van der Waals surface area (Å²) in [6.45, 7) is 5.37. The van der Waals surface area contributed by atoms with Gasteiger partial charge in [-0.05, 0) is 41.8 Å². The zero-order valence-corrected chi connectivity index (χ0v) is 14.8. The molecule has 0 radical (unpaired) electrons. The van der Waals surface area contributed by atoms with Crippen LogP contribution in [-0.2, 0) is 4.79 Å². The maximum Gasteiger partial charge on any atom is 0.308 e. The van der Waals surface area contributed by atoms with Gasteiger partial charge in [0, 0.05) is 23.5 Å². The topological polar surface area (TPSA) is 72.1 Å². The monoisotopic (exact) mass is 356 g/mol. The van der Waals surface area contributed by atoms with E-state index in [1.165, 1.54) is 6.92 Å². The third kappa shape index (κ3) is 3.42. The number of carbonyl (C=O) groups excluding carboxylic acids is 2. The van der Waals surface area contributed by atoms with Crippen molar-refractivity contribution < 1.29 is 14.3 Å². The molecule has 2 heterocycles. The van der Waals surface area contributed by atoms with Gasteiger partial charge in [-0.1, -0.05) is 25.4 Å². The molecule has 1 aromatic carbocycles. The Morgan fingerprint density at radius 1 is 1.20 bits per heavy atom. The van der Waals surface area contributed by atoms with Gasteiger partial charge in [-0.2, -0.15) is 0 Å². The van der Waals surface area contributed by atoms with Crippen LogP contribution in [0.3, 0.4) is 0 Å². The first-order chi connectivity index (χ1) is 11.9. The molecule has 0 unspecified atom stereocenters. The maximum absolute atomic E-state index is 13.0. The summed E-state index contributed by atoms with van der Waals surface area (Å²) in [6.07, 6.45) is 1.60. The van der Waals surface area contributed by atoms with Crippen LogP contribution in [-0.4, -0.2) is 21.7 Å². The first-order valence-electron chi connectivity index (χ1n) is 7.87. The van der Waals surface area contributed by atoms with Crippen LogP contribution < -0.4 is 4.74 Å². The molecular formula is C19H17ClN2O3. The molecule has 0 amide bonds. The van der Waals surface area contributed by atoms with Gasteiger partial charge in [0.05, 0.1) is 5.52 Å². The van der Waals surface area contributed by atoms with Crippen LogP contribution in [0.1, 0.15) is 48.4 Å². The highest BCUT2D eigenvalue weighted by atomic mass is 35.5. The van der Waals surface area contributed by atoms with Crippen molar-refractivity contribution in [2.24, 2.45) is 0 Å². The van der Waals surface area contributed by atoms with E-state index in [1.807, 2.05) is 19.9 Å². The Balaban J connectivity index is 2.15. The van der Waals surface area contributed by atoms with E-state index in [1.54, 1.807) is 30.5 Å². The van der Waals surface area contributed by atoms with Crippen molar-refractivity contribution in [2.75, 3.05) is 0 Å². The molecule has 2 aromatic heterocycles. The quantitative estimate of drug-likeness (QED) is 0.552. The number of nitrogens with zero attached hydrogens (tertiary/aromatic N) is 1. The Kier molecular flexibility index (Phi) is 4.59. The first-order valence-corrected chi connectivity index (χ1v) is 8.25. The summed E-state index contributed by atoms with van der Waals surface area (Å²) in [4.78, 5) is 31.6. The van der Waals surface area contributed by atoms with Crippen LogP contribution in [0.15, 0.2) is 36.5 Å². The third-order valence-electron chi connectivity index (χ3n) is 3.87. The van der Waals surface area contributed by atoms with E-state index in [9.17, 15) is 9.59 Å². The number of aromatic amines is 1. The Morgan fingerprint density at radius 2 is 1.96 bits per heavy atom. The fourth-order valence-corrected chi connectivity index (χ4v) is 2.78. The number of fused-ring (bicyclic) bond motifs is 1. The molecule has 0 aliphatic heterocycles. The summed E-state index contributed by atoms with van der Waals surface area (Å²) in [6, 6.07) is 8.69. The number of ketones is 1. The van der Waals surface area contributed by atoms with Gasteiger partial charge in [0.15, 0.2) is 5.75 Å². The number of halogens is 1. The molecule has 0 saturated heterocycles. The van der Waals surface area contributed by atoms with Crippen LogP contribution in [0.5, 0.6) is 5.75 Å². The molecule has 0 spiro atoms. The number of benzene rings is 1. The number of hydrogen-bond donors (Lipinski definition) is 1. The second-order valence-electron chi connectivity index (χ2n) is 6.07. The molecule has 128 valence electrons. The van der Waals surface area contributed by atoms with E-state index < -0.39 is 5.97 Å². The van der Waals surface area contributed by atoms with Crippen molar-refractivity contribution in [1.29, 1.82) is 0 Å². The minimum Gasteiger partial charge on any atom is -0.424 e. The summed E-state index contributed by atoms with van der Waals surface area (Å²) in [5.74, 6) is -0.384. The molecule has 25 heavy (non-hydrogen) atoms. The zero-order valence-electron chi connectivity index (χ0n) is 14.1. The van der Waals surface area contributed by atoms with Crippen molar-refractivity contribution in [3.05, 3.63) is 58.5 Å². The van der Waals surface area contributed by atoms with Gasteiger partial charge in [0.2, 0.25) is 5.78 Å². The summed E-state index contributed by atoms with van der Waals surface area (Å²) in [5.41, 5.74) is 2.09. The Morgan fingerprint density at radius 3 is 2.64 bits per heavy atom. The van der Waals surface area contributed by atoms with E-state index in [-0.39, 0.29) is 28.8 Å². The lowest BCUT2D eigenvalue weighted by Crippen LogP contribution is -2.10. The van der Waals surface area contributed by atoms with Crippen LogP contribution >= 0.6 is 11.6 Å². The van der Waals surface area contributed by atoms with Gasteiger partial charge in [-0.25, -0.2) is 0 Å². The first kappa shape index (κ1) is 17.2. The molecule has 0 aliphatic rings. The maximum atomic E-state index is 13.0. The van der Waals surface area contributed by atoms with E-state index in [0.717, 1.165) is 5.56 Å². The van der Waals surface area contributed by atoms with Crippen LogP contribution in [0.25, 0.3) is 10.9 Å². The highest BCUT2D eigenvalue weighted by molar-refractivity contribution is 6.31. The minimum absolute atomic E-state index is 0.181. The fourth-order valence-electron chi connectivity index (χ4n) is 2.61. The van der Waals surface area contributed by atoms with Gasteiger partial charge in [0.1, 0.15) is 11.4 Å². The Hall–Kier alpha value is -2.66. The van der Waals surface area contributed by atoms with Crippen molar-refractivity contribution in [2.45, 2.75) is 26.7 Å². The van der Waals surface area contributed by atoms with Crippen LogP contribution in [0.4, 0.5) is 0 Å². The van der Waals surface area contributed by atoms with Crippen LogP contribution in [0, 0.1) is 0 Å². The van der Waals surface area contributed by atoms with Gasteiger partial charge in [-0.3, -0.25) is 14.6 Å². The fraction of sp³-hybridized carbons (Fsp3) is 0.211. The normalized spacial score (nSPS) is 11.1. The Labute approximate surface area is 150 Å². The number of nitrogens with one attached hydrogen (secondary N) is 1. The van der Waals surface area contributed by atoms with E-state index >= 15 is 0 Å². The highest BCUT2D eigenvalue weighted by Crippen LogP contribution is 2.33. The summed E-state index contributed by atoms with van der Waals surface area (Å²) in [7, 11) is 0. The number of esters is 1. The number of pyridine rings is 1. The van der Waals surface area contributed by atoms with Crippen molar-refractivity contribution in [1.82, 2.24) is 9.97 Å². The lowest BCUT2D eigenvalue weighted by atomic mass is 10.0. The van der Waals surface area contributed by atoms with Crippen molar-refractivity contribution in [3.63, 3.8) is 0 Å². The average Bonchev–Trinajstić information content (AvgIpc) is 2.91. The number of ether oxygens (including phenoxy) is 1. The largest absolute Gasteiger partial charge is 0.424 e. The average molecular weight is 357 g/mol. The minimum atomic E-state index is -0.506. The smallest absolute Gasteiger partial charge is 0.308 e. The Bertz CT molecular complexity index is 976. The second kappa shape index (κ2) is 6.69. The predicted octanol–water partition coefficient (Wildman–Crippen LogP) is 4.50. The zero-order chi connectivity index (χ0) is 18.1.